The number of aryl methyl sites for hydroxylation is 1. The number of carbonyl (C=O) groups is 1. The highest BCUT2D eigenvalue weighted by Crippen LogP contribution is 2.23. The van der Waals surface area contributed by atoms with Gasteiger partial charge in [0, 0.05) is 24.0 Å². The van der Waals surface area contributed by atoms with Crippen LogP contribution < -0.4 is 10.1 Å². The number of benzene rings is 1. The fourth-order valence-electron chi connectivity index (χ4n) is 2.72. The number of aromatic amines is 1. The summed E-state index contributed by atoms with van der Waals surface area (Å²) in [4.78, 5) is 25.0. The van der Waals surface area contributed by atoms with Crippen molar-refractivity contribution in [1.82, 2.24) is 29.7 Å². The number of imidazole rings is 1. The van der Waals surface area contributed by atoms with Crippen molar-refractivity contribution < 1.29 is 9.53 Å². The smallest absolute Gasteiger partial charge is 0.274 e. The molecule has 0 fully saturated rings. The van der Waals surface area contributed by atoms with Crippen molar-refractivity contribution in [3.8, 4) is 22.8 Å². The van der Waals surface area contributed by atoms with Gasteiger partial charge in [-0.3, -0.25) is 14.5 Å². The Kier molecular flexibility index (Phi) is 4.55. The number of anilines is 1. The van der Waals surface area contributed by atoms with Gasteiger partial charge in [0.15, 0.2) is 0 Å². The van der Waals surface area contributed by atoms with E-state index in [1.165, 1.54) is 6.33 Å². The van der Waals surface area contributed by atoms with Crippen LogP contribution in [-0.2, 0) is 0 Å². The summed E-state index contributed by atoms with van der Waals surface area (Å²) in [5.74, 6) is 2.14. The van der Waals surface area contributed by atoms with Crippen LogP contribution in [0.5, 0.6) is 5.75 Å². The Morgan fingerprint density at radius 3 is 2.86 bits per heavy atom. The maximum Gasteiger partial charge on any atom is 0.274 e. The summed E-state index contributed by atoms with van der Waals surface area (Å²) < 4.78 is 7.02. The molecule has 9 nitrogen and oxygen atoms in total. The Labute approximate surface area is 160 Å². The van der Waals surface area contributed by atoms with E-state index in [-0.39, 0.29) is 5.91 Å². The lowest BCUT2D eigenvalue weighted by Gasteiger charge is -2.06. The van der Waals surface area contributed by atoms with Crippen LogP contribution in [0.1, 0.15) is 16.3 Å². The third kappa shape index (κ3) is 3.45. The minimum absolute atomic E-state index is 0.316. The van der Waals surface area contributed by atoms with Crippen LogP contribution in [0.4, 0.5) is 5.82 Å². The van der Waals surface area contributed by atoms with Crippen molar-refractivity contribution >= 4 is 11.7 Å². The average molecular weight is 375 g/mol. The predicted molar refractivity (Wildman–Crippen MR) is 102 cm³/mol. The Balaban J connectivity index is 1.53. The van der Waals surface area contributed by atoms with Gasteiger partial charge < -0.3 is 10.1 Å². The molecule has 3 heterocycles. The highest BCUT2D eigenvalue weighted by molar-refractivity contribution is 6.03. The maximum absolute atomic E-state index is 12.6. The van der Waals surface area contributed by atoms with Gasteiger partial charge in [-0.05, 0) is 25.1 Å². The molecule has 0 saturated heterocycles. The summed E-state index contributed by atoms with van der Waals surface area (Å²) >= 11 is 0. The molecule has 0 spiro atoms. The van der Waals surface area contributed by atoms with E-state index in [4.69, 9.17) is 4.74 Å². The number of ether oxygens (including phenoxy) is 1. The van der Waals surface area contributed by atoms with E-state index in [9.17, 15) is 4.79 Å². The topological polar surface area (TPSA) is 111 Å². The molecular formula is C19H17N7O2. The summed E-state index contributed by atoms with van der Waals surface area (Å²) in [5.41, 5.74) is 1.80. The van der Waals surface area contributed by atoms with Gasteiger partial charge in [-0.1, -0.05) is 12.1 Å². The number of carbonyl (C=O) groups excluding carboxylic acids is 1. The Morgan fingerprint density at radius 1 is 1.18 bits per heavy atom. The van der Waals surface area contributed by atoms with Crippen molar-refractivity contribution in [3.05, 3.63) is 66.6 Å². The summed E-state index contributed by atoms with van der Waals surface area (Å²) in [6.07, 6.45) is 4.86. The first kappa shape index (κ1) is 17.4. The zero-order valence-corrected chi connectivity index (χ0v) is 15.2. The molecule has 1 aromatic carbocycles. The summed E-state index contributed by atoms with van der Waals surface area (Å²) in [7, 11) is 1.60. The van der Waals surface area contributed by atoms with Crippen LogP contribution in [0.15, 0.2) is 55.1 Å². The zero-order valence-electron chi connectivity index (χ0n) is 15.2. The number of amides is 1. The number of hydrogen-bond acceptors (Lipinski definition) is 6. The second-order valence-corrected chi connectivity index (χ2v) is 5.96. The molecule has 0 atom stereocenters. The molecule has 140 valence electrons. The van der Waals surface area contributed by atoms with Crippen LogP contribution in [0, 0.1) is 6.92 Å². The van der Waals surface area contributed by atoms with Gasteiger partial charge in [0.25, 0.3) is 5.91 Å². The Hall–Kier alpha value is -4.01. The van der Waals surface area contributed by atoms with Gasteiger partial charge in [0.2, 0.25) is 0 Å². The number of nitrogens with zero attached hydrogens (tertiary/aromatic N) is 5. The predicted octanol–water partition coefficient (Wildman–Crippen LogP) is 2.62. The van der Waals surface area contributed by atoms with Crippen molar-refractivity contribution in [2.75, 3.05) is 12.4 Å². The third-order valence-electron chi connectivity index (χ3n) is 4.15. The van der Waals surface area contributed by atoms with E-state index in [2.05, 4.69) is 30.5 Å². The SMILES string of the molecule is COc1cccc(-c2cc(C(=O)Nc3cc(-n4ccnc4C)ncn3)[nH]n2)c1. The molecule has 0 aliphatic rings. The lowest BCUT2D eigenvalue weighted by molar-refractivity contribution is 0.102. The molecule has 2 N–H and O–H groups in total. The molecule has 0 aliphatic heterocycles. The lowest BCUT2D eigenvalue weighted by atomic mass is 10.1. The molecular weight excluding hydrogens is 358 g/mol. The molecule has 4 aromatic rings. The summed E-state index contributed by atoms with van der Waals surface area (Å²) in [6, 6.07) is 10.8. The monoisotopic (exact) mass is 375 g/mol. The zero-order chi connectivity index (χ0) is 19.5. The highest BCUT2D eigenvalue weighted by atomic mass is 16.5. The fraction of sp³-hybridized carbons (Fsp3) is 0.105. The molecule has 4 rings (SSSR count). The number of aromatic nitrogens is 6. The third-order valence-corrected chi connectivity index (χ3v) is 4.15. The second-order valence-electron chi connectivity index (χ2n) is 5.96. The van der Waals surface area contributed by atoms with Crippen molar-refractivity contribution in [2.45, 2.75) is 6.92 Å². The molecule has 0 aliphatic carbocycles. The lowest BCUT2D eigenvalue weighted by Crippen LogP contribution is -2.14. The molecule has 9 heteroatoms. The normalized spacial score (nSPS) is 10.6. The van der Waals surface area contributed by atoms with Crippen molar-refractivity contribution in [1.29, 1.82) is 0 Å². The Morgan fingerprint density at radius 2 is 2.07 bits per heavy atom. The summed E-state index contributed by atoms with van der Waals surface area (Å²) in [6.45, 7) is 1.87. The first-order chi connectivity index (χ1) is 13.6. The van der Waals surface area contributed by atoms with Crippen LogP contribution in [0.25, 0.3) is 17.1 Å². The summed E-state index contributed by atoms with van der Waals surface area (Å²) in [5, 5.41) is 9.71. The largest absolute Gasteiger partial charge is 0.497 e. The maximum atomic E-state index is 12.6. The van der Waals surface area contributed by atoms with Gasteiger partial charge in [-0.2, -0.15) is 5.10 Å². The average Bonchev–Trinajstić information content (AvgIpc) is 3.37. The quantitative estimate of drug-likeness (QED) is 0.555. The van der Waals surface area contributed by atoms with Gasteiger partial charge >= 0.3 is 0 Å². The van der Waals surface area contributed by atoms with E-state index in [0.29, 0.717) is 23.0 Å². The molecule has 0 radical (unpaired) electrons. The molecule has 28 heavy (non-hydrogen) atoms. The van der Waals surface area contributed by atoms with Crippen LogP contribution >= 0.6 is 0 Å². The van der Waals surface area contributed by atoms with E-state index >= 15 is 0 Å². The molecule has 0 bridgehead atoms. The Bertz CT molecular complexity index is 1130. The van der Waals surface area contributed by atoms with Crippen LogP contribution in [0.3, 0.4) is 0 Å². The fourth-order valence-corrected chi connectivity index (χ4v) is 2.72. The standard InChI is InChI=1S/C19H17N7O2/c1-12-20-6-7-26(12)18-10-17(21-11-22-18)23-19(27)16-9-15(24-25-16)13-4-3-5-14(8-13)28-2/h3-11H,1-2H3,(H,24,25)(H,21,22,23,27). The number of rotatable bonds is 5. The van der Waals surface area contributed by atoms with Gasteiger partial charge in [0.1, 0.15) is 35.2 Å². The van der Waals surface area contributed by atoms with Crippen LogP contribution in [0.2, 0.25) is 0 Å². The van der Waals surface area contributed by atoms with Crippen LogP contribution in [-0.4, -0.2) is 42.7 Å². The van der Waals surface area contributed by atoms with Crippen molar-refractivity contribution in [2.24, 2.45) is 0 Å². The molecule has 0 saturated carbocycles. The number of hydrogen-bond donors (Lipinski definition) is 2. The molecule has 3 aromatic heterocycles. The number of nitrogens with one attached hydrogen (secondary N) is 2. The first-order valence-electron chi connectivity index (χ1n) is 8.47. The second kappa shape index (κ2) is 7.31. The van der Waals surface area contributed by atoms with E-state index < -0.39 is 0 Å². The van der Waals surface area contributed by atoms with E-state index in [1.807, 2.05) is 31.2 Å². The van der Waals surface area contributed by atoms with Gasteiger partial charge in [-0.15, -0.1) is 0 Å². The molecule has 1 amide bonds. The minimum Gasteiger partial charge on any atom is -0.497 e. The van der Waals surface area contributed by atoms with Gasteiger partial charge in [0.05, 0.1) is 12.8 Å². The number of H-pyrrole nitrogens is 1. The van der Waals surface area contributed by atoms with Gasteiger partial charge in [-0.25, -0.2) is 15.0 Å². The van der Waals surface area contributed by atoms with E-state index in [0.717, 1.165) is 17.1 Å². The molecule has 0 unspecified atom stereocenters. The van der Waals surface area contributed by atoms with E-state index in [1.54, 1.807) is 36.2 Å². The minimum atomic E-state index is -0.353. The first-order valence-corrected chi connectivity index (χ1v) is 8.47. The number of methoxy groups -OCH3 is 1. The van der Waals surface area contributed by atoms with Crippen molar-refractivity contribution in [3.63, 3.8) is 0 Å². The highest BCUT2D eigenvalue weighted by Gasteiger charge is 2.13.